The van der Waals surface area contributed by atoms with Gasteiger partial charge in [-0.05, 0) is 12.1 Å². The third-order valence-corrected chi connectivity index (χ3v) is 2.55. The molecule has 0 aliphatic carbocycles. The molecule has 1 heterocycles. The number of ether oxygens (including phenoxy) is 2. The van der Waals surface area contributed by atoms with Gasteiger partial charge >= 0.3 is 0 Å². The molecule has 0 amide bonds. The average molecular weight is 248 g/mol. The van der Waals surface area contributed by atoms with Crippen LogP contribution >= 0.6 is 0 Å². The molecule has 6 heteroatoms. The highest BCUT2D eigenvalue weighted by Gasteiger charge is 2.12. The molecule has 96 valence electrons. The Morgan fingerprint density at radius 3 is 2.89 bits per heavy atom. The highest BCUT2D eigenvalue weighted by atomic mass is 16.5. The summed E-state index contributed by atoms with van der Waals surface area (Å²) in [6.45, 7) is 1.25. The first-order valence-electron chi connectivity index (χ1n) is 5.57. The number of benzene rings is 1. The second kappa shape index (κ2) is 5.50. The fourth-order valence-electron chi connectivity index (χ4n) is 1.67. The normalized spacial score (nSPS) is 10.6. The van der Waals surface area contributed by atoms with Crippen LogP contribution in [0.25, 0.3) is 11.4 Å². The second-order valence-corrected chi connectivity index (χ2v) is 3.75. The molecule has 0 spiro atoms. The lowest BCUT2D eigenvalue weighted by Gasteiger charge is -2.07. The van der Waals surface area contributed by atoms with Crippen LogP contribution in [-0.4, -0.2) is 35.6 Å². The SMILES string of the molecule is COCCn1cnc(-c2cccc(N)c2OC)n1. The summed E-state index contributed by atoms with van der Waals surface area (Å²) in [7, 11) is 3.23. The van der Waals surface area contributed by atoms with Gasteiger partial charge in [-0.3, -0.25) is 4.68 Å². The van der Waals surface area contributed by atoms with Gasteiger partial charge in [0, 0.05) is 7.11 Å². The zero-order valence-electron chi connectivity index (χ0n) is 10.5. The fraction of sp³-hybridized carbons (Fsp3) is 0.333. The van der Waals surface area contributed by atoms with Crippen molar-refractivity contribution in [3.05, 3.63) is 24.5 Å². The molecule has 6 nitrogen and oxygen atoms in total. The summed E-state index contributed by atoms with van der Waals surface area (Å²) < 4.78 is 12.0. The topological polar surface area (TPSA) is 75.2 Å². The van der Waals surface area contributed by atoms with Crippen LogP contribution in [0.3, 0.4) is 0 Å². The maximum atomic E-state index is 5.85. The number of para-hydroxylation sites is 1. The van der Waals surface area contributed by atoms with E-state index in [0.717, 1.165) is 5.56 Å². The fourth-order valence-corrected chi connectivity index (χ4v) is 1.67. The van der Waals surface area contributed by atoms with Crippen LogP contribution in [0.15, 0.2) is 24.5 Å². The van der Waals surface area contributed by atoms with E-state index in [0.29, 0.717) is 30.4 Å². The van der Waals surface area contributed by atoms with E-state index in [1.165, 1.54) is 0 Å². The minimum absolute atomic E-state index is 0.572. The molecule has 1 aromatic heterocycles. The highest BCUT2D eigenvalue weighted by Crippen LogP contribution is 2.32. The molecule has 0 saturated carbocycles. The lowest BCUT2D eigenvalue weighted by molar-refractivity contribution is 0.183. The van der Waals surface area contributed by atoms with Gasteiger partial charge in [-0.15, -0.1) is 0 Å². The molecule has 2 aromatic rings. The van der Waals surface area contributed by atoms with E-state index in [9.17, 15) is 0 Å². The predicted octanol–water partition coefficient (Wildman–Crippen LogP) is 1.18. The van der Waals surface area contributed by atoms with Crippen LogP contribution in [0, 0.1) is 0 Å². The minimum atomic E-state index is 0.572. The summed E-state index contributed by atoms with van der Waals surface area (Å²) in [4.78, 5) is 4.25. The Hall–Kier alpha value is -2.08. The van der Waals surface area contributed by atoms with Gasteiger partial charge in [-0.25, -0.2) is 4.98 Å². The van der Waals surface area contributed by atoms with E-state index < -0.39 is 0 Å². The molecule has 0 radical (unpaired) electrons. The maximum Gasteiger partial charge on any atom is 0.184 e. The largest absolute Gasteiger partial charge is 0.494 e. The Balaban J connectivity index is 2.31. The minimum Gasteiger partial charge on any atom is -0.494 e. The van der Waals surface area contributed by atoms with Crippen LogP contribution in [0.2, 0.25) is 0 Å². The summed E-state index contributed by atoms with van der Waals surface area (Å²) in [6.07, 6.45) is 1.66. The Morgan fingerprint density at radius 1 is 1.33 bits per heavy atom. The molecule has 0 bridgehead atoms. The van der Waals surface area contributed by atoms with Crippen LogP contribution in [0.4, 0.5) is 5.69 Å². The van der Waals surface area contributed by atoms with Gasteiger partial charge in [0.1, 0.15) is 6.33 Å². The van der Waals surface area contributed by atoms with E-state index in [-0.39, 0.29) is 0 Å². The lowest BCUT2D eigenvalue weighted by Crippen LogP contribution is -2.04. The van der Waals surface area contributed by atoms with Crippen molar-refractivity contribution in [2.45, 2.75) is 6.54 Å². The number of hydrogen-bond acceptors (Lipinski definition) is 5. The summed E-state index contributed by atoms with van der Waals surface area (Å²) in [5.74, 6) is 1.19. The van der Waals surface area contributed by atoms with E-state index in [1.807, 2.05) is 12.1 Å². The van der Waals surface area contributed by atoms with Crippen molar-refractivity contribution < 1.29 is 9.47 Å². The molecule has 0 saturated heterocycles. The predicted molar refractivity (Wildman–Crippen MR) is 68.3 cm³/mol. The lowest BCUT2D eigenvalue weighted by atomic mass is 10.1. The maximum absolute atomic E-state index is 5.85. The zero-order valence-corrected chi connectivity index (χ0v) is 10.5. The van der Waals surface area contributed by atoms with E-state index >= 15 is 0 Å². The van der Waals surface area contributed by atoms with Crippen LogP contribution in [0.1, 0.15) is 0 Å². The molecule has 1 aromatic carbocycles. The number of nitrogens with zero attached hydrogens (tertiary/aromatic N) is 3. The number of nitrogen functional groups attached to an aromatic ring is 1. The molecule has 2 N–H and O–H groups in total. The van der Waals surface area contributed by atoms with Crippen molar-refractivity contribution in [1.82, 2.24) is 14.8 Å². The average Bonchev–Trinajstić information content (AvgIpc) is 2.84. The molecule has 0 aliphatic heterocycles. The van der Waals surface area contributed by atoms with Gasteiger partial charge < -0.3 is 15.2 Å². The van der Waals surface area contributed by atoms with Crippen molar-refractivity contribution in [1.29, 1.82) is 0 Å². The van der Waals surface area contributed by atoms with Crippen LogP contribution in [-0.2, 0) is 11.3 Å². The quantitative estimate of drug-likeness (QED) is 0.804. The van der Waals surface area contributed by atoms with Crippen molar-refractivity contribution in [3.63, 3.8) is 0 Å². The summed E-state index contributed by atoms with van der Waals surface area (Å²) >= 11 is 0. The van der Waals surface area contributed by atoms with E-state index in [1.54, 1.807) is 31.3 Å². The first-order valence-corrected chi connectivity index (χ1v) is 5.57. The van der Waals surface area contributed by atoms with Crippen LogP contribution in [0.5, 0.6) is 5.75 Å². The van der Waals surface area contributed by atoms with Crippen molar-refractivity contribution in [3.8, 4) is 17.1 Å². The van der Waals surface area contributed by atoms with E-state index in [4.69, 9.17) is 15.2 Å². The summed E-state index contributed by atoms with van der Waals surface area (Å²) in [5.41, 5.74) is 7.21. The highest BCUT2D eigenvalue weighted by molar-refractivity contribution is 5.72. The van der Waals surface area contributed by atoms with Gasteiger partial charge in [0.05, 0.1) is 31.5 Å². The molecule has 0 aliphatic rings. The molecule has 0 atom stereocenters. The molecule has 0 fully saturated rings. The van der Waals surface area contributed by atoms with Gasteiger partial charge in [0.15, 0.2) is 11.6 Å². The molecule has 18 heavy (non-hydrogen) atoms. The zero-order chi connectivity index (χ0) is 13.0. The Kier molecular flexibility index (Phi) is 3.78. The van der Waals surface area contributed by atoms with E-state index in [2.05, 4.69) is 10.1 Å². The number of anilines is 1. The Labute approximate surface area is 105 Å². The second-order valence-electron chi connectivity index (χ2n) is 3.75. The molecule has 2 rings (SSSR count). The number of rotatable bonds is 5. The first-order chi connectivity index (χ1) is 8.76. The smallest absolute Gasteiger partial charge is 0.184 e. The molecular formula is C12H16N4O2. The van der Waals surface area contributed by atoms with Crippen molar-refractivity contribution in [2.75, 3.05) is 26.6 Å². The monoisotopic (exact) mass is 248 g/mol. The van der Waals surface area contributed by atoms with Gasteiger partial charge in [-0.1, -0.05) is 6.07 Å². The summed E-state index contributed by atoms with van der Waals surface area (Å²) in [5, 5.41) is 4.36. The Morgan fingerprint density at radius 2 is 2.17 bits per heavy atom. The Bertz CT molecular complexity index is 525. The third-order valence-electron chi connectivity index (χ3n) is 2.55. The standard InChI is InChI=1S/C12H16N4O2/c1-17-7-6-16-8-14-12(15-16)9-4-3-5-10(13)11(9)18-2/h3-5,8H,6-7,13H2,1-2H3. The number of methoxy groups -OCH3 is 2. The third kappa shape index (κ3) is 2.43. The van der Waals surface area contributed by atoms with Gasteiger partial charge in [-0.2, -0.15) is 5.10 Å². The molecule has 0 unspecified atom stereocenters. The van der Waals surface area contributed by atoms with Gasteiger partial charge in [0.25, 0.3) is 0 Å². The van der Waals surface area contributed by atoms with Crippen molar-refractivity contribution >= 4 is 5.69 Å². The van der Waals surface area contributed by atoms with Crippen molar-refractivity contribution in [2.24, 2.45) is 0 Å². The first kappa shape index (κ1) is 12.4. The van der Waals surface area contributed by atoms with Crippen LogP contribution < -0.4 is 10.5 Å². The summed E-state index contributed by atoms with van der Waals surface area (Å²) in [6, 6.07) is 5.51. The number of nitrogens with two attached hydrogens (primary N) is 1. The number of aromatic nitrogens is 3. The molecular weight excluding hydrogens is 232 g/mol. The van der Waals surface area contributed by atoms with Gasteiger partial charge in [0.2, 0.25) is 0 Å². The number of hydrogen-bond donors (Lipinski definition) is 1.